The average Bonchev–Trinajstić information content (AvgIpc) is 3.58. The molecular formula is C23H27N3O4S. The fraction of sp³-hybridized carbons (Fsp3) is 0.391. The first-order chi connectivity index (χ1) is 15.2. The van der Waals surface area contributed by atoms with Gasteiger partial charge in [0.05, 0.1) is 26.2 Å². The summed E-state index contributed by atoms with van der Waals surface area (Å²) in [5.74, 6) is 1.57. The number of likely N-dealkylation sites (tertiary alicyclic amines) is 1. The maximum atomic E-state index is 13.1. The molecule has 1 amide bonds. The summed E-state index contributed by atoms with van der Waals surface area (Å²) in [6.45, 7) is 3.84. The van der Waals surface area contributed by atoms with Gasteiger partial charge in [0.2, 0.25) is 0 Å². The van der Waals surface area contributed by atoms with Gasteiger partial charge in [-0.3, -0.25) is 9.69 Å². The van der Waals surface area contributed by atoms with Crippen LogP contribution in [0, 0.1) is 0 Å². The quantitative estimate of drug-likeness (QED) is 0.485. The molecule has 0 saturated carbocycles. The summed E-state index contributed by atoms with van der Waals surface area (Å²) in [5.41, 5.74) is 1.57. The van der Waals surface area contributed by atoms with E-state index < -0.39 is 0 Å². The molecule has 1 aliphatic heterocycles. The molecule has 0 unspecified atom stereocenters. The molecule has 0 radical (unpaired) electrons. The Morgan fingerprint density at radius 3 is 2.77 bits per heavy atom. The van der Waals surface area contributed by atoms with Crippen LogP contribution in [0.3, 0.4) is 0 Å². The highest BCUT2D eigenvalue weighted by atomic mass is 32.1. The molecule has 1 saturated heterocycles. The maximum absolute atomic E-state index is 13.1. The molecule has 2 aromatic heterocycles. The Hall–Kier alpha value is -2.84. The van der Waals surface area contributed by atoms with Crippen LogP contribution >= 0.6 is 11.3 Å². The lowest BCUT2D eigenvalue weighted by atomic mass is 10.1. The minimum atomic E-state index is -0.176. The third-order valence-corrected chi connectivity index (χ3v) is 6.30. The van der Waals surface area contributed by atoms with E-state index in [0.29, 0.717) is 23.2 Å². The molecule has 3 heterocycles. The Morgan fingerprint density at radius 2 is 2.06 bits per heavy atom. The highest BCUT2D eigenvalue weighted by molar-refractivity contribution is 7.14. The number of carbonyl (C=O) groups is 1. The van der Waals surface area contributed by atoms with Gasteiger partial charge in [0, 0.05) is 17.5 Å². The van der Waals surface area contributed by atoms with Crippen LogP contribution in [0.2, 0.25) is 0 Å². The summed E-state index contributed by atoms with van der Waals surface area (Å²) in [6, 6.07) is 9.01. The topological polar surface area (TPSA) is 68.0 Å². The third kappa shape index (κ3) is 4.91. The van der Waals surface area contributed by atoms with Gasteiger partial charge in [-0.2, -0.15) is 0 Å². The molecule has 3 aromatic rings. The van der Waals surface area contributed by atoms with E-state index in [1.807, 2.05) is 23.6 Å². The standard InChI is InChI=1S/C23H27N3O4S/c1-28-17-8-9-20(29-2)18(15-17)19-16-31-23(24-19)26(22(27)21-7-5-14-30-21)13-6-12-25-10-3-4-11-25/h5,7-9,14-16H,3-4,6,10-13H2,1-2H3. The van der Waals surface area contributed by atoms with E-state index in [9.17, 15) is 4.79 Å². The molecule has 164 valence electrons. The van der Waals surface area contributed by atoms with Gasteiger partial charge < -0.3 is 18.8 Å². The van der Waals surface area contributed by atoms with E-state index in [2.05, 4.69) is 4.90 Å². The zero-order valence-electron chi connectivity index (χ0n) is 17.9. The van der Waals surface area contributed by atoms with Crippen molar-refractivity contribution in [3.8, 4) is 22.8 Å². The maximum Gasteiger partial charge on any atom is 0.295 e. The number of hydrogen-bond donors (Lipinski definition) is 0. The van der Waals surface area contributed by atoms with E-state index >= 15 is 0 Å². The lowest BCUT2D eigenvalue weighted by molar-refractivity contribution is 0.0959. The number of amides is 1. The second kappa shape index (κ2) is 9.98. The molecule has 0 spiro atoms. The van der Waals surface area contributed by atoms with Gasteiger partial charge in [-0.05, 0) is 69.2 Å². The van der Waals surface area contributed by atoms with Gasteiger partial charge in [0.1, 0.15) is 11.5 Å². The lowest BCUT2D eigenvalue weighted by Crippen LogP contribution is -2.33. The normalized spacial score (nSPS) is 14.0. The highest BCUT2D eigenvalue weighted by Gasteiger charge is 2.24. The molecule has 4 rings (SSSR count). The molecule has 31 heavy (non-hydrogen) atoms. The van der Waals surface area contributed by atoms with Gasteiger partial charge in [0.15, 0.2) is 10.9 Å². The first-order valence-electron chi connectivity index (χ1n) is 10.4. The number of thiazole rings is 1. The molecule has 1 aliphatic rings. The van der Waals surface area contributed by atoms with Crippen molar-refractivity contribution in [2.45, 2.75) is 19.3 Å². The van der Waals surface area contributed by atoms with Crippen molar-refractivity contribution in [2.75, 3.05) is 45.3 Å². The van der Waals surface area contributed by atoms with Gasteiger partial charge in [-0.25, -0.2) is 4.98 Å². The number of ether oxygens (including phenoxy) is 2. The Balaban J connectivity index is 1.58. The number of methoxy groups -OCH3 is 2. The zero-order chi connectivity index (χ0) is 21.6. The van der Waals surface area contributed by atoms with Crippen molar-refractivity contribution in [3.63, 3.8) is 0 Å². The summed E-state index contributed by atoms with van der Waals surface area (Å²) < 4.78 is 16.2. The smallest absolute Gasteiger partial charge is 0.295 e. The van der Waals surface area contributed by atoms with Crippen LogP contribution in [0.5, 0.6) is 11.5 Å². The van der Waals surface area contributed by atoms with Crippen molar-refractivity contribution in [1.82, 2.24) is 9.88 Å². The fourth-order valence-corrected chi connectivity index (χ4v) is 4.65. The van der Waals surface area contributed by atoms with Crippen molar-refractivity contribution >= 4 is 22.4 Å². The molecule has 1 fully saturated rings. The molecule has 1 aromatic carbocycles. The Morgan fingerprint density at radius 1 is 1.23 bits per heavy atom. The lowest BCUT2D eigenvalue weighted by Gasteiger charge is -2.21. The summed E-state index contributed by atoms with van der Waals surface area (Å²) in [6.07, 6.45) is 4.91. The number of furan rings is 1. The number of nitrogens with zero attached hydrogens (tertiary/aromatic N) is 3. The molecule has 0 bridgehead atoms. The van der Waals surface area contributed by atoms with Crippen LogP contribution in [0.25, 0.3) is 11.3 Å². The second-order valence-electron chi connectivity index (χ2n) is 7.42. The first kappa shape index (κ1) is 21.4. The van der Waals surface area contributed by atoms with Gasteiger partial charge in [0.25, 0.3) is 5.91 Å². The second-order valence-corrected chi connectivity index (χ2v) is 8.25. The Kier molecular flexibility index (Phi) is 6.89. The number of carbonyl (C=O) groups excluding carboxylic acids is 1. The predicted molar refractivity (Wildman–Crippen MR) is 121 cm³/mol. The molecule has 0 aliphatic carbocycles. The monoisotopic (exact) mass is 441 g/mol. The summed E-state index contributed by atoms with van der Waals surface area (Å²) in [7, 11) is 3.26. The van der Waals surface area contributed by atoms with E-state index in [-0.39, 0.29) is 5.91 Å². The Labute approximate surface area is 186 Å². The summed E-state index contributed by atoms with van der Waals surface area (Å²) >= 11 is 1.44. The number of aromatic nitrogens is 1. The van der Waals surface area contributed by atoms with Crippen molar-refractivity contribution in [1.29, 1.82) is 0 Å². The van der Waals surface area contributed by atoms with Crippen LogP contribution in [0.4, 0.5) is 5.13 Å². The van der Waals surface area contributed by atoms with Gasteiger partial charge in [-0.15, -0.1) is 11.3 Å². The molecule has 7 nitrogen and oxygen atoms in total. The third-order valence-electron chi connectivity index (χ3n) is 5.44. The zero-order valence-corrected chi connectivity index (χ0v) is 18.7. The number of anilines is 1. The predicted octanol–water partition coefficient (Wildman–Crippen LogP) is 4.55. The van der Waals surface area contributed by atoms with Crippen LogP contribution in [0.15, 0.2) is 46.4 Å². The van der Waals surface area contributed by atoms with Gasteiger partial charge in [-0.1, -0.05) is 0 Å². The van der Waals surface area contributed by atoms with Crippen LogP contribution in [0.1, 0.15) is 29.8 Å². The molecule has 8 heteroatoms. The average molecular weight is 442 g/mol. The highest BCUT2D eigenvalue weighted by Crippen LogP contribution is 2.36. The van der Waals surface area contributed by atoms with Crippen LogP contribution in [-0.4, -0.2) is 56.2 Å². The van der Waals surface area contributed by atoms with E-state index in [4.69, 9.17) is 18.9 Å². The van der Waals surface area contributed by atoms with Crippen LogP contribution < -0.4 is 14.4 Å². The van der Waals surface area contributed by atoms with Crippen LogP contribution in [-0.2, 0) is 0 Å². The van der Waals surface area contributed by atoms with Crippen molar-refractivity contribution in [3.05, 3.63) is 47.7 Å². The van der Waals surface area contributed by atoms with E-state index in [0.717, 1.165) is 43.1 Å². The summed E-state index contributed by atoms with van der Waals surface area (Å²) in [5, 5.41) is 2.58. The minimum Gasteiger partial charge on any atom is -0.497 e. The molecule has 0 atom stereocenters. The first-order valence-corrected chi connectivity index (χ1v) is 11.3. The van der Waals surface area contributed by atoms with E-state index in [1.165, 1.54) is 30.4 Å². The molecular weight excluding hydrogens is 414 g/mol. The minimum absolute atomic E-state index is 0.176. The summed E-state index contributed by atoms with van der Waals surface area (Å²) in [4.78, 5) is 22.1. The van der Waals surface area contributed by atoms with Gasteiger partial charge >= 0.3 is 0 Å². The SMILES string of the molecule is COc1ccc(OC)c(-c2csc(N(CCCN3CCCC3)C(=O)c3ccco3)n2)c1. The van der Waals surface area contributed by atoms with Crippen molar-refractivity contribution in [2.24, 2.45) is 0 Å². The number of hydrogen-bond acceptors (Lipinski definition) is 7. The Bertz CT molecular complexity index is 996. The molecule has 0 N–H and O–H groups in total. The number of benzene rings is 1. The van der Waals surface area contributed by atoms with E-state index in [1.54, 1.807) is 31.3 Å². The number of rotatable bonds is 9. The fourth-order valence-electron chi connectivity index (χ4n) is 3.80. The van der Waals surface area contributed by atoms with Crippen molar-refractivity contribution < 1.29 is 18.7 Å². The largest absolute Gasteiger partial charge is 0.497 e.